The number of rotatable bonds is 45. The third kappa shape index (κ3) is 64.1. The third-order valence-corrected chi connectivity index (χ3v) is 20.5. The molecule has 96 heteroatoms. The summed E-state index contributed by atoms with van der Waals surface area (Å²) in [4.78, 5) is 26.3. The Morgan fingerprint density at radius 1 is 0.228 bits per heavy atom. The van der Waals surface area contributed by atoms with Gasteiger partial charge in [-0.05, 0) is 48.5 Å². The molecule has 2 aromatic rings. The van der Waals surface area contributed by atoms with Gasteiger partial charge in [0.15, 0.2) is 37.0 Å². The summed E-state index contributed by atoms with van der Waals surface area (Å²) in [7, 11) is -86.0. The zero-order chi connectivity index (χ0) is 92.9. The van der Waals surface area contributed by atoms with E-state index in [2.05, 4.69) is 69.2 Å². The molecule has 0 spiro atoms. The quantitative estimate of drug-likeness (QED) is 0.0216. The van der Waals surface area contributed by atoms with Gasteiger partial charge in [0, 0.05) is 438 Å². The summed E-state index contributed by atoms with van der Waals surface area (Å²) in [5.74, 6) is -3.63. The van der Waals surface area contributed by atoms with Gasteiger partial charge in [-0.15, -0.1) is 0 Å². The van der Waals surface area contributed by atoms with Crippen molar-refractivity contribution in [2.24, 2.45) is 0 Å². The second-order valence-corrected chi connectivity index (χ2v) is 37.8. The average Bonchev–Trinajstić information content (AvgIpc) is 0.755. The number of carbonyl (C=O) groups is 2. The van der Waals surface area contributed by atoms with E-state index in [0.717, 1.165) is 48.5 Å². The maximum Gasteiger partial charge on any atom is 0.397 e. The molecule has 4 heterocycles. The molecule has 0 aliphatic carbocycles. The van der Waals surface area contributed by atoms with Gasteiger partial charge in [0.25, 0.3) is 0 Å². The summed E-state index contributed by atoms with van der Waals surface area (Å²) in [6, 6.07) is 6.48. The topological polar surface area (TPSA) is 1020 Å². The van der Waals surface area contributed by atoms with Crippen molar-refractivity contribution in [2.75, 3.05) is 37.1 Å². The smallest absolute Gasteiger partial charge is 0.397 e. The first-order valence-electron chi connectivity index (χ1n) is 30.0. The van der Waals surface area contributed by atoms with Crippen LogP contribution in [0.5, 0.6) is 11.5 Å². The zero-order valence-electron chi connectivity index (χ0n) is 71.6. The molecule has 6 rings (SSSR count). The standard InChI is InChI=1S/C40H56N2O66S14.14Na/c43-23(41-15-1-5-17(6-2-15)91-37-33(105-119(75,76)77)29(101-115(63,64)65)25(19(93-37)11-87-109(45,46)47)97-39-35(107-121(81,82)83)31(103-117(69,70)71)27(99-113(57,58)59)21(95-39)13-89-111(51,52)53)9-10-24(44)42-16-3-7-18(8-4-16)92-38-34(106-120(78,79)80)30(102-116(66,67)68)26(20(94-38)12-88-110(48,49)50)98-40-36(108-122(84,85)86)32(104-118(72,73)74)28(100-114(60,61)62)22(96-40)14-90-112(54,55)56;;;;;;;;;;;;;;/h1-8,19-22,25-40H,9-14H2,(H,41,43)(H,42,44)(H,45,46,47)(H,48,49,50)(H,51,52,53)(H,54,55,56)(H,57,58,59)(H,60,61,62)(H,63,64,65)(H,66,67,68)(H,69,70,71)(H,72,73,74)(H,75,76,77)(H,78,79,80)(H,81,82,83)(H,84,85,86);;;;;;;;;;;;;;/t19-,20-,21-,22-,25-,26-,27-,28-,29+,30+,31+,32+,33-,34-,35-,36-,37-,38-,39-,40-;;;;;;;;;;;;;;/m1............../s1. The molecule has 0 saturated carbocycles. The van der Waals surface area contributed by atoms with E-state index in [4.69, 9.17) is 37.9 Å². The number of amides is 2. The fourth-order valence-electron chi connectivity index (χ4n) is 10.4. The summed E-state index contributed by atoms with van der Waals surface area (Å²) >= 11 is 0. The van der Waals surface area contributed by atoms with E-state index in [1.54, 1.807) is 0 Å². The molecule has 0 unspecified atom stereocenters. The van der Waals surface area contributed by atoms with Crippen LogP contribution in [0.15, 0.2) is 48.5 Å². The van der Waals surface area contributed by atoms with Crippen LogP contribution >= 0.6 is 0 Å². The van der Waals surface area contributed by atoms with E-state index in [-0.39, 0.29) is 425 Å². The van der Waals surface area contributed by atoms with E-state index in [1.807, 2.05) is 0 Å². The summed E-state index contributed by atoms with van der Waals surface area (Å²) in [6.07, 6.45) is -65.5. The predicted molar refractivity (Wildman–Crippen MR) is 440 cm³/mol. The predicted octanol–water partition coefficient (Wildman–Crippen LogP) is -14.7. The van der Waals surface area contributed by atoms with Gasteiger partial charge in [-0.1, -0.05) is 0 Å². The molecule has 4 fully saturated rings. The zero-order valence-corrected chi connectivity index (χ0v) is 111. The van der Waals surface area contributed by atoms with Crippen molar-refractivity contribution in [1.82, 2.24) is 0 Å². The van der Waals surface area contributed by atoms with Crippen LogP contribution in [-0.4, -0.2) is 756 Å². The summed E-state index contributed by atoms with van der Waals surface area (Å²) in [5, 5.41) is 4.45. The fourth-order valence-corrected chi connectivity index (χ4v) is 16.5. The van der Waals surface area contributed by atoms with Crippen molar-refractivity contribution in [3.8, 4) is 11.5 Å². The molecule has 2 amide bonds. The molecule has 16 N–H and O–H groups in total. The van der Waals surface area contributed by atoms with Gasteiger partial charge < -0.3 is 48.5 Å². The van der Waals surface area contributed by atoms with Crippen LogP contribution in [0.4, 0.5) is 11.4 Å². The number of nitrogens with one attached hydrogen (secondary N) is 2. The van der Waals surface area contributed by atoms with Crippen LogP contribution in [0, 0.1) is 0 Å². The number of ether oxygens (including phenoxy) is 8. The first-order chi connectivity index (χ1) is 54.9. The number of benzene rings is 2. The fraction of sp³-hybridized carbons (Fsp3) is 0.650. The normalized spacial score (nSPS) is 25.7. The van der Waals surface area contributed by atoms with Gasteiger partial charge in [0.1, 0.15) is 84.7 Å². The van der Waals surface area contributed by atoms with Crippen molar-refractivity contribution >= 4 is 583 Å². The second-order valence-electron chi connectivity index (χ2n) is 23.0. The van der Waals surface area contributed by atoms with Gasteiger partial charge in [-0.25, -0.2) is 58.6 Å². The van der Waals surface area contributed by atoms with E-state index < -0.39 is 331 Å². The SMILES string of the molecule is O=C(CCC(=O)Nc1ccc(O[C@@H]2O[C@H](COS(=O)(=O)O)[C@@H](O[C@H]3O[C@H](COS(=O)(=O)O)[C@@H](OS(=O)(=O)O)[C@H](OS(=O)(=O)O)[C@H]3OS(=O)(=O)O)[C@H](OS(=O)(=O)O)[C@H]2OS(=O)(=O)O)cc1)Nc1ccc(O[C@@H]2O[C@H](COS(=O)(=O)O)[C@@H](O[C@H]3O[C@H](COS(=O)(=O)O)[C@@H](OS(=O)(=O)O)[C@H](OS(=O)(=O)O)[C@H]3OS(=O)(=O)O)[C@H](OS(=O)(=O)O)[C@H]2OS(=O)(=O)O)cc1.[Na].[Na].[Na].[Na].[Na].[Na].[Na].[Na].[Na].[Na].[Na].[Na].[Na].[Na]. The van der Waals surface area contributed by atoms with Crippen molar-refractivity contribution < 1.29 is 288 Å². The molecule has 0 aromatic heterocycles. The molecule has 14 radical (unpaired) electrons. The molecule has 136 heavy (non-hydrogen) atoms. The van der Waals surface area contributed by atoms with E-state index in [1.165, 1.54) is 0 Å². The first-order valence-corrected chi connectivity index (χ1v) is 49.1. The van der Waals surface area contributed by atoms with Gasteiger partial charge in [0.2, 0.25) is 24.4 Å². The minimum absolute atomic E-state index is 0. The Morgan fingerprint density at radius 3 is 0.581 bits per heavy atom. The molecule has 2 aromatic carbocycles. The summed E-state index contributed by atoms with van der Waals surface area (Å²) in [5.41, 5.74) is -0.619. The maximum atomic E-state index is 13.2. The van der Waals surface area contributed by atoms with Crippen LogP contribution in [0.1, 0.15) is 12.8 Å². The Labute approximate surface area is 1080 Å². The molecule has 4 aliphatic heterocycles. The molecular formula is C40H56N2Na14O66S14. The van der Waals surface area contributed by atoms with Crippen molar-refractivity contribution in [1.29, 1.82) is 0 Å². The van der Waals surface area contributed by atoms with E-state index in [0.29, 0.717) is 0 Å². The van der Waals surface area contributed by atoms with Crippen molar-refractivity contribution in [3.05, 3.63) is 48.5 Å². The van der Waals surface area contributed by atoms with E-state index >= 15 is 0 Å². The molecule has 68 nitrogen and oxygen atoms in total. The first kappa shape index (κ1) is 162. The minimum Gasteiger partial charge on any atom is -0.462 e. The molecule has 4 aliphatic rings. The number of anilines is 2. The third-order valence-electron chi connectivity index (χ3n) is 14.2. The Morgan fingerprint density at radius 2 is 0.390 bits per heavy atom. The number of carbonyl (C=O) groups excluding carboxylic acids is 2. The molecule has 4 saturated heterocycles. The Bertz CT molecular complexity index is 5470. The number of hydrogen-bond acceptors (Lipinski definition) is 52. The molecule has 720 valence electrons. The summed E-state index contributed by atoms with van der Waals surface area (Å²) in [6.45, 7) is -7.86. The molecular weight excluding hydrogens is 2340 g/mol. The Balaban J connectivity index is -0.00000165. The van der Waals surface area contributed by atoms with Gasteiger partial charge in [0.05, 0.1) is 26.4 Å². The van der Waals surface area contributed by atoms with Crippen molar-refractivity contribution in [3.63, 3.8) is 0 Å². The largest absolute Gasteiger partial charge is 0.462 e. The maximum absolute atomic E-state index is 13.2. The minimum atomic E-state index is -6.32. The average molecular weight is 2390 g/mol. The molecule has 0 bridgehead atoms. The second kappa shape index (κ2) is 67.4. The summed E-state index contributed by atoms with van der Waals surface area (Å²) < 4.78 is 577. The van der Waals surface area contributed by atoms with Crippen LogP contribution in [0.25, 0.3) is 0 Å². The van der Waals surface area contributed by atoms with Crippen molar-refractivity contribution in [2.45, 2.75) is 136 Å². The van der Waals surface area contributed by atoms with Crippen LogP contribution in [0.3, 0.4) is 0 Å². The van der Waals surface area contributed by atoms with E-state index in [9.17, 15) is 191 Å². The van der Waals surface area contributed by atoms with Crippen LogP contribution < -0.4 is 20.1 Å². The van der Waals surface area contributed by atoms with Gasteiger partial charge >= 0.3 is 146 Å². The van der Waals surface area contributed by atoms with Gasteiger partial charge in [-0.2, -0.15) is 118 Å². The van der Waals surface area contributed by atoms with Crippen LogP contribution in [-0.2, 0) is 242 Å². The molecule has 20 atom stereocenters. The van der Waals surface area contributed by atoms with Crippen LogP contribution in [0.2, 0.25) is 0 Å². The Kier molecular flexibility index (Phi) is 80.5. The monoisotopic (exact) mass is 2390 g/mol. The Hall–Kier alpha value is 8.92. The number of hydrogen-bond donors (Lipinski definition) is 16. The van der Waals surface area contributed by atoms with Gasteiger partial charge in [-0.3, -0.25) is 73.3 Å².